The van der Waals surface area contributed by atoms with E-state index in [9.17, 15) is 9.59 Å². The number of thiazole rings is 1. The molecule has 0 saturated carbocycles. The van der Waals surface area contributed by atoms with Gasteiger partial charge in [0, 0.05) is 0 Å². The van der Waals surface area contributed by atoms with Crippen LogP contribution in [0.15, 0.2) is 48.5 Å². The van der Waals surface area contributed by atoms with E-state index in [1.54, 1.807) is 0 Å². The van der Waals surface area contributed by atoms with Crippen LogP contribution in [0.2, 0.25) is 0 Å². The summed E-state index contributed by atoms with van der Waals surface area (Å²) in [6.07, 6.45) is 0.139. The summed E-state index contributed by atoms with van der Waals surface area (Å²) in [5, 5.41) is 3.25. The lowest BCUT2D eigenvalue weighted by Crippen LogP contribution is -2.37. The number of carbonyl (C=O) groups is 2. The van der Waals surface area contributed by atoms with Crippen molar-refractivity contribution in [1.29, 1.82) is 0 Å². The van der Waals surface area contributed by atoms with Gasteiger partial charge in [0.2, 0.25) is 5.91 Å². The van der Waals surface area contributed by atoms with E-state index in [0.29, 0.717) is 5.01 Å². The molecular weight excluding hydrogens is 338 g/mol. The second-order valence-electron chi connectivity index (χ2n) is 5.34. The Bertz CT molecular complexity index is 893. The van der Waals surface area contributed by atoms with E-state index in [0.717, 1.165) is 21.3 Å². The van der Waals surface area contributed by atoms with Gasteiger partial charge in [0.25, 0.3) is 5.91 Å². The first kappa shape index (κ1) is 17.1. The van der Waals surface area contributed by atoms with E-state index in [-0.39, 0.29) is 18.9 Å². The van der Waals surface area contributed by atoms with E-state index < -0.39 is 5.91 Å². The van der Waals surface area contributed by atoms with Crippen molar-refractivity contribution in [3.63, 3.8) is 0 Å². The highest BCUT2D eigenvalue weighted by molar-refractivity contribution is 7.18. The minimum Gasteiger partial charge on any atom is -0.347 e. The molecule has 3 rings (SSSR count). The highest BCUT2D eigenvalue weighted by Crippen LogP contribution is 2.28. The van der Waals surface area contributed by atoms with E-state index in [1.807, 2.05) is 30.3 Å². The number of benzene rings is 2. The Morgan fingerprint density at radius 3 is 2.64 bits per heavy atom. The van der Waals surface area contributed by atoms with Crippen LogP contribution in [0.5, 0.6) is 0 Å². The molecule has 1 aromatic heterocycles. The molecular formula is C18H17N3O3S. The van der Waals surface area contributed by atoms with Crippen molar-refractivity contribution >= 4 is 33.4 Å². The Kier molecular flexibility index (Phi) is 5.37. The molecule has 2 amide bonds. The molecule has 0 bridgehead atoms. The third-order valence-corrected chi connectivity index (χ3v) is 4.53. The summed E-state index contributed by atoms with van der Waals surface area (Å²) >= 11 is 1.48. The Hall–Kier alpha value is -2.77. The standard InChI is InChI=1S/C18H17N3O3S/c1-24-21-17(23)11-19-16(22)10-18-20-14-8-7-13(9-15(14)25-18)12-5-3-2-4-6-12/h2-9H,10-11H2,1H3,(H,19,22)(H,21,23). The van der Waals surface area contributed by atoms with Crippen LogP contribution in [-0.4, -0.2) is 30.5 Å². The zero-order chi connectivity index (χ0) is 17.6. The Morgan fingerprint density at radius 2 is 1.88 bits per heavy atom. The predicted octanol–water partition coefficient (Wildman–Crippen LogP) is 2.30. The molecule has 0 unspecified atom stereocenters. The van der Waals surface area contributed by atoms with Gasteiger partial charge in [-0.1, -0.05) is 36.4 Å². The Balaban J connectivity index is 1.69. The molecule has 0 fully saturated rings. The number of hydrogen-bond acceptors (Lipinski definition) is 5. The zero-order valence-electron chi connectivity index (χ0n) is 13.6. The monoisotopic (exact) mass is 355 g/mol. The van der Waals surface area contributed by atoms with Crippen LogP contribution >= 0.6 is 11.3 Å². The Morgan fingerprint density at radius 1 is 1.08 bits per heavy atom. The van der Waals surface area contributed by atoms with Gasteiger partial charge in [-0.25, -0.2) is 10.5 Å². The van der Waals surface area contributed by atoms with Crippen LogP contribution in [-0.2, 0) is 20.8 Å². The van der Waals surface area contributed by atoms with E-state index in [4.69, 9.17) is 0 Å². The number of hydrogen-bond donors (Lipinski definition) is 2. The summed E-state index contributed by atoms with van der Waals surface area (Å²) in [4.78, 5) is 32.1. The summed E-state index contributed by atoms with van der Waals surface area (Å²) in [5.74, 6) is -0.666. The van der Waals surface area contributed by atoms with Crippen LogP contribution in [0.3, 0.4) is 0 Å². The van der Waals surface area contributed by atoms with Gasteiger partial charge >= 0.3 is 0 Å². The lowest BCUT2D eigenvalue weighted by molar-refractivity contribution is -0.132. The van der Waals surface area contributed by atoms with Crippen molar-refractivity contribution in [2.45, 2.75) is 6.42 Å². The van der Waals surface area contributed by atoms with Gasteiger partial charge in [-0.05, 0) is 23.3 Å². The van der Waals surface area contributed by atoms with E-state index in [2.05, 4.69) is 38.8 Å². The molecule has 7 heteroatoms. The summed E-state index contributed by atoms with van der Waals surface area (Å²) in [5.41, 5.74) is 5.26. The van der Waals surface area contributed by atoms with Crippen molar-refractivity contribution in [1.82, 2.24) is 15.8 Å². The van der Waals surface area contributed by atoms with Crippen LogP contribution < -0.4 is 10.8 Å². The number of amides is 2. The van der Waals surface area contributed by atoms with Crippen molar-refractivity contribution in [2.24, 2.45) is 0 Å². The molecule has 0 atom stereocenters. The fourth-order valence-electron chi connectivity index (χ4n) is 2.39. The summed E-state index contributed by atoms with van der Waals surface area (Å²) in [7, 11) is 1.34. The van der Waals surface area contributed by atoms with Crippen LogP contribution in [0, 0.1) is 0 Å². The normalized spacial score (nSPS) is 10.6. The van der Waals surface area contributed by atoms with Gasteiger partial charge in [0.1, 0.15) is 5.01 Å². The minimum atomic E-state index is -0.410. The second-order valence-corrected chi connectivity index (χ2v) is 6.45. The third kappa shape index (κ3) is 4.40. The second kappa shape index (κ2) is 7.87. The largest absolute Gasteiger partial charge is 0.347 e. The van der Waals surface area contributed by atoms with Crippen molar-refractivity contribution < 1.29 is 14.4 Å². The average Bonchev–Trinajstić information content (AvgIpc) is 3.02. The molecule has 6 nitrogen and oxygen atoms in total. The molecule has 1 heterocycles. The highest BCUT2D eigenvalue weighted by atomic mass is 32.1. The summed E-state index contributed by atoms with van der Waals surface area (Å²) in [6, 6.07) is 16.2. The zero-order valence-corrected chi connectivity index (χ0v) is 14.4. The van der Waals surface area contributed by atoms with E-state index in [1.165, 1.54) is 18.4 Å². The lowest BCUT2D eigenvalue weighted by atomic mass is 10.1. The van der Waals surface area contributed by atoms with E-state index >= 15 is 0 Å². The summed E-state index contributed by atoms with van der Waals surface area (Å²) in [6.45, 7) is -0.129. The van der Waals surface area contributed by atoms with Gasteiger partial charge in [-0.3, -0.25) is 14.4 Å². The maximum absolute atomic E-state index is 11.9. The molecule has 2 N–H and O–H groups in total. The number of nitrogens with one attached hydrogen (secondary N) is 2. The third-order valence-electron chi connectivity index (χ3n) is 3.51. The SMILES string of the molecule is CONC(=O)CNC(=O)Cc1nc2ccc(-c3ccccc3)cc2s1. The Labute approximate surface area is 148 Å². The van der Waals surface area contributed by atoms with Crippen LogP contribution in [0.4, 0.5) is 0 Å². The molecule has 2 aromatic carbocycles. The predicted molar refractivity (Wildman–Crippen MR) is 96.9 cm³/mol. The highest BCUT2D eigenvalue weighted by Gasteiger charge is 2.11. The number of aromatic nitrogens is 1. The van der Waals surface area contributed by atoms with Crippen LogP contribution in [0.25, 0.3) is 21.3 Å². The van der Waals surface area contributed by atoms with Gasteiger partial charge in [0.05, 0.1) is 30.3 Å². The topological polar surface area (TPSA) is 80.3 Å². The van der Waals surface area contributed by atoms with Crippen molar-refractivity contribution in [3.8, 4) is 11.1 Å². The smallest absolute Gasteiger partial charge is 0.262 e. The number of nitrogens with zero attached hydrogens (tertiary/aromatic N) is 1. The molecule has 128 valence electrons. The van der Waals surface area contributed by atoms with Gasteiger partial charge in [0.15, 0.2) is 0 Å². The number of hydroxylamine groups is 1. The van der Waals surface area contributed by atoms with Crippen LogP contribution in [0.1, 0.15) is 5.01 Å². The fraction of sp³-hybridized carbons (Fsp3) is 0.167. The molecule has 0 aliphatic carbocycles. The molecule has 0 spiro atoms. The lowest BCUT2D eigenvalue weighted by Gasteiger charge is -2.03. The molecule has 0 saturated heterocycles. The molecule has 25 heavy (non-hydrogen) atoms. The van der Waals surface area contributed by atoms with Gasteiger partial charge < -0.3 is 5.32 Å². The molecule has 0 radical (unpaired) electrons. The van der Waals surface area contributed by atoms with Crippen molar-refractivity contribution in [3.05, 3.63) is 53.5 Å². The number of rotatable bonds is 6. The van der Waals surface area contributed by atoms with Gasteiger partial charge in [-0.2, -0.15) is 0 Å². The first-order valence-electron chi connectivity index (χ1n) is 7.69. The molecule has 3 aromatic rings. The summed E-state index contributed by atoms with van der Waals surface area (Å²) < 4.78 is 1.03. The minimum absolute atomic E-state index is 0.129. The molecule has 0 aliphatic heterocycles. The maximum atomic E-state index is 11.9. The van der Waals surface area contributed by atoms with Gasteiger partial charge in [-0.15, -0.1) is 11.3 Å². The number of fused-ring (bicyclic) bond motifs is 1. The number of carbonyl (C=O) groups excluding carboxylic acids is 2. The molecule has 0 aliphatic rings. The first-order chi connectivity index (χ1) is 12.2. The maximum Gasteiger partial charge on any atom is 0.262 e. The quantitative estimate of drug-likeness (QED) is 0.665. The first-order valence-corrected chi connectivity index (χ1v) is 8.51. The fourth-order valence-corrected chi connectivity index (χ4v) is 3.39. The average molecular weight is 355 g/mol. The van der Waals surface area contributed by atoms with Crippen molar-refractivity contribution in [2.75, 3.05) is 13.7 Å².